The molecule has 6 heteroatoms. The molecule has 0 aliphatic carbocycles. The van der Waals surface area contributed by atoms with E-state index in [9.17, 15) is 0 Å². The van der Waals surface area contributed by atoms with Gasteiger partial charge in [-0.2, -0.15) is 5.10 Å². The maximum absolute atomic E-state index is 6.05. The lowest BCUT2D eigenvalue weighted by atomic mass is 10.1. The molecule has 0 fully saturated rings. The number of furan rings is 1. The molecule has 0 aliphatic rings. The van der Waals surface area contributed by atoms with Gasteiger partial charge in [0.05, 0.1) is 10.6 Å². The van der Waals surface area contributed by atoms with Crippen molar-refractivity contribution in [3.8, 4) is 0 Å². The fraction of sp³-hybridized carbons (Fsp3) is 0.267. The molecule has 21 heavy (non-hydrogen) atoms. The van der Waals surface area contributed by atoms with Crippen LogP contribution in [0.2, 0.25) is 4.34 Å². The van der Waals surface area contributed by atoms with Crippen LogP contribution in [0.5, 0.6) is 0 Å². The summed E-state index contributed by atoms with van der Waals surface area (Å²) < 4.78 is 8.24. The second kappa shape index (κ2) is 6.47. The van der Waals surface area contributed by atoms with Gasteiger partial charge in [0.25, 0.3) is 0 Å². The van der Waals surface area contributed by atoms with Crippen molar-refractivity contribution in [2.24, 2.45) is 7.05 Å². The summed E-state index contributed by atoms with van der Waals surface area (Å²) in [6, 6.07) is 9.91. The summed E-state index contributed by atoms with van der Waals surface area (Å²) in [5.74, 6) is 0.901. The van der Waals surface area contributed by atoms with E-state index >= 15 is 0 Å². The monoisotopic (exact) mass is 321 g/mol. The third-order valence-corrected chi connectivity index (χ3v) is 4.65. The first-order valence-corrected chi connectivity index (χ1v) is 7.92. The van der Waals surface area contributed by atoms with Crippen LogP contribution in [0.1, 0.15) is 22.4 Å². The van der Waals surface area contributed by atoms with E-state index in [4.69, 9.17) is 16.0 Å². The van der Waals surface area contributed by atoms with Gasteiger partial charge >= 0.3 is 0 Å². The number of hydrogen-bond donors (Lipinski definition) is 1. The number of nitrogens with one attached hydrogen (secondary N) is 1. The van der Waals surface area contributed by atoms with Crippen LogP contribution in [0.15, 0.2) is 47.2 Å². The average molecular weight is 322 g/mol. The van der Waals surface area contributed by atoms with Crippen LogP contribution in [-0.2, 0) is 13.5 Å². The molecule has 1 atom stereocenters. The summed E-state index contributed by atoms with van der Waals surface area (Å²) in [6.45, 7) is 0.834. The molecule has 0 aromatic carbocycles. The lowest BCUT2D eigenvalue weighted by Crippen LogP contribution is -2.24. The van der Waals surface area contributed by atoms with Crippen molar-refractivity contribution in [2.75, 3.05) is 6.54 Å². The molecule has 3 heterocycles. The van der Waals surface area contributed by atoms with Crippen molar-refractivity contribution in [1.29, 1.82) is 0 Å². The van der Waals surface area contributed by atoms with Crippen LogP contribution in [0, 0.1) is 0 Å². The molecule has 0 bridgehead atoms. The number of hydrogen-bond acceptors (Lipinski definition) is 4. The lowest BCUT2D eigenvalue weighted by molar-refractivity contribution is 0.449. The quantitative estimate of drug-likeness (QED) is 0.753. The minimum absolute atomic E-state index is 0.0331. The van der Waals surface area contributed by atoms with Gasteiger partial charge in [-0.05, 0) is 30.3 Å². The topological polar surface area (TPSA) is 43.0 Å². The zero-order valence-electron chi connectivity index (χ0n) is 11.6. The minimum Gasteiger partial charge on any atom is -0.467 e. The molecular weight excluding hydrogens is 306 g/mol. The largest absolute Gasteiger partial charge is 0.467 e. The zero-order valence-corrected chi connectivity index (χ0v) is 13.2. The average Bonchev–Trinajstić information content (AvgIpc) is 3.18. The van der Waals surface area contributed by atoms with Crippen molar-refractivity contribution >= 4 is 22.9 Å². The smallest absolute Gasteiger partial charge is 0.126 e. The van der Waals surface area contributed by atoms with E-state index in [0.717, 1.165) is 27.9 Å². The molecule has 0 radical (unpaired) electrons. The Morgan fingerprint density at radius 3 is 2.90 bits per heavy atom. The minimum atomic E-state index is 0.0331. The second-order valence-corrected chi connectivity index (χ2v) is 6.49. The van der Waals surface area contributed by atoms with Crippen molar-refractivity contribution in [3.05, 3.63) is 63.5 Å². The predicted molar refractivity (Wildman–Crippen MR) is 84.8 cm³/mol. The molecule has 3 aromatic heterocycles. The van der Waals surface area contributed by atoms with Gasteiger partial charge in [-0.3, -0.25) is 4.68 Å². The maximum Gasteiger partial charge on any atom is 0.126 e. The van der Waals surface area contributed by atoms with Gasteiger partial charge in [-0.15, -0.1) is 11.3 Å². The molecule has 3 aromatic rings. The number of thiophene rings is 1. The molecule has 0 saturated heterocycles. The molecule has 110 valence electrons. The summed E-state index contributed by atoms with van der Waals surface area (Å²) in [5, 5.41) is 7.71. The predicted octanol–water partition coefficient (Wildman–Crippen LogP) is 3.65. The Morgan fingerprint density at radius 2 is 2.29 bits per heavy atom. The van der Waals surface area contributed by atoms with Crippen LogP contribution < -0.4 is 5.32 Å². The Bertz CT molecular complexity index is 689. The Labute approximate surface area is 132 Å². The SMILES string of the molecule is Cn1nccc1CCNC(c1ccco1)c1ccc(Cl)s1. The Balaban J connectivity index is 1.70. The van der Waals surface area contributed by atoms with Crippen molar-refractivity contribution in [1.82, 2.24) is 15.1 Å². The Kier molecular flexibility index (Phi) is 4.43. The van der Waals surface area contributed by atoms with E-state index in [2.05, 4.69) is 10.4 Å². The van der Waals surface area contributed by atoms with Gasteiger partial charge in [0, 0.05) is 36.8 Å². The highest BCUT2D eigenvalue weighted by Crippen LogP contribution is 2.31. The van der Waals surface area contributed by atoms with Gasteiger partial charge in [0.2, 0.25) is 0 Å². The highest BCUT2D eigenvalue weighted by Gasteiger charge is 2.18. The molecule has 4 nitrogen and oxygen atoms in total. The van der Waals surface area contributed by atoms with E-state index in [1.807, 2.05) is 48.3 Å². The van der Waals surface area contributed by atoms with Gasteiger partial charge in [0.15, 0.2) is 0 Å². The van der Waals surface area contributed by atoms with E-state index in [0.29, 0.717) is 0 Å². The van der Waals surface area contributed by atoms with Gasteiger partial charge < -0.3 is 9.73 Å². The normalized spacial score (nSPS) is 12.7. The number of halogens is 1. The Hall–Kier alpha value is -1.56. The van der Waals surface area contributed by atoms with Crippen LogP contribution in [-0.4, -0.2) is 16.3 Å². The zero-order chi connectivity index (χ0) is 14.7. The number of aryl methyl sites for hydroxylation is 1. The highest BCUT2D eigenvalue weighted by atomic mass is 35.5. The van der Waals surface area contributed by atoms with E-state index < -0.39 is 0 Å². The molecule has 0 saturated carbocycles. The molecular formula is C15H16ClN3OS. The lowest BCUT2D eigenvalue weighted by Gasteiger charge is -2.15. The molecule has 1 N–H and O–H groups in total. The standard InChI is InChI=1S/C15H16ClN3OS/c1-19-11(7-9-18-19)6-8-17-15(12-3-2-10-20-12)13-4-5-14(16)21-13/h2-5,7,9-10,15,17H,6,8H2,1H3. The summed E-state index contributed by atoms with van der Waals surface area (Å²) in [7, 11) is 1.96. The first kappa shape index (κ1) is 14.4. The number of rotatable bonds is 6. The fourth-order valence-electron chi connectivity index (χ4n) is 2.27. The molecule has 0 amide bonds. The molecule has 1 unspecified atom stereocenters. The van der Waals surface area contributed by atoms with Crippen LogP contribution in [0.4, 0.5) is 0 Å². The molecule has 0 aliphatic heterocycles. The maximum atomic E-state index is 6.05. The first-order valence-electron chi connectivity index (χ1n) is 6.73. The van der Waals surface area contributed by atoms with Crippen LogP contribution in [0.3, 0.4) is 0 Å². The number of nitrogens with zero attached hydrogens (tertiary/aromatic N) is 2. The first-order chi connectivity index (χ1) is 10.2. The number of aromatic nitrogens is 2. The summed E-state index contributed by atoms with van der Waals surface area (Å²) >= 11 is 7.62. The van der Waals surface area contributed by atoms with E-state index in [-0.39, 0.29) is 6.04 Å². The third kappa shape index (κ3) is 3.37. The van der Waals surface area contributed by atoms with Crippen LogP contribution in [0.25, 0.3) is 0 Å². The Morgan fingerprint density at radius 1 is 1.38 bits per heavy atom. The molecule has 0 spiro atoms. The van der Waals surface area contributed by atoms with E-state index in [1.165, 1.54) is 5.69 Å². The van der Waals surface area contributed by atoms with Crippen molar-refractivity contribution in [3.63, 3.8) is 0 Å². The highest BCUT2D eigenvalue weighted by molar-refractivity contribution is 7.16. The molecule has 3 rings (SSSR count). The van der Waals surface area contributed by atoms with Crippen molar-refractivity contribution in [2.45, 2.75) is 12.5 Å². The van der Waals surface area contributed by atoms with Gasteiger partial charge in [-0.25, -0.2) is 0 Å². The third-order valence-electron chi connectivity index (χ3n) is 3.36. The van der Waals surface area contributed by atoms with E-state index in [1.54, 1.807) is 17.6 Å². The fourth-order valence-corrected chi connectivity index (χ4v) is 3.42. The second-order valence-electron chi connectivity index (χ2n) is 4.74. The summed E-state index contributed by atoms with van der Waals surface area (Å²) in [4.78, 5) is 1.15. The van der Waals surface area contributed by atoms with Crippen LogP contribution >= 0.6 is 22.9 Å². The summed E-state index contributed by atoms with van der Waals surface area (Å²) in [6.07, 6.45) is 4.42. The van der Waals surface area contributed by atoms with Gasteiger partial charge in [-0.1, -0.05) is 11.6 Å². The van der Waals surface area contributed by atoms with Gasteiger partial charge in [0.1, 0.15) is 11.8 Å². The van der Waals surface area contributed by atoms with Crippen molar-refractivity contribution < 1.29 is 4.42 Å². The summed E-state index contributed by atoms with van der Waals surface area (Å²) in [5.41, 5.74) is 1.20.